The zero-order valence-corrected chi connectivity index (χ0v) is 11.4. The molecule has 0 spiro atoms. The average Bonchev–Trinajstić information content (AvgIpc) is 2.69. The highest BCUT2D eigenvalue weighted by molar-refractivity contribution is 7.09. The number of hydrogen-bond donors (Lipinski definition) is 2. The number of hydrogen-bond acceptors (Lipinski definition) is 4. The number of nitrogens with zero attached hydrogens (tertiary/aromatic N) is 1. The van der Waals surface area contributed by atoms with Crippen LogP contribution in [-0.2, 0) is 11.2 Å². The molecule has 2 rings (SSSR count). The van der Waals surface area contributed by atoms with Crippen LogP contribution in [0.15, 0.2) is 17.5 Å². The highest BCUT2D eigenvalue weighted by atomic mass is 32.1. The second kappa shape index (κ2) is 4.38. The molecule has 5 heteroatoms. The zero-order valence-electron chi connectivity index (χ0n) is 10.6. The molecule has 0 aromatic carbocycles. The van der Waals surface area contributed by atoms with Gasteiger partial charge in [0.2, 0.25) is 5.91 Å². The van der Waals surface area contributed by atoms with Crippen LogP contribution >= 0.6 is 11.3 Å². The lowest BCUT2D eigenvalue weighted by Gasteiger charge is -2.17. The zero-order chi connectivity index (χ0) is 13.4. The summed E-state index contributed by atoms with van der Waals surface area (Å²) in [6, 6.07) is 5.50. The molecule has 3 N–H and O–H groups in total. The van der Waals surface area contributed by atoms with E-state index in [4.69, 9.17) is 5.73 Å². The lowest BCUT2D eigenvalue weighted by atomic mass is 10.0. The third kappa shape index (κ3) is 2.26. The third-order valence-electron chi connectivity index (χ3n) is 3.60. The number of nitrogens with two attached hydrogens (primary N) is 1. The van der Waals surface area contributed by atoms with E-state index in [2.05, 4.69) is 11.4 Å². The Bertz CT molecular complexity index is 489. The van der Waals surface area contributed by atoms with Crippen LogP contribution in [0.4, 0.5) is 0 Å². The van der Waals surface area contributed by atoms with Crippen molar-refractivity contribution in [3.05, 3.63) is 22.4 Å². The summed E-state index contributed by atoms with van der Waals surface area (Å²) in [6.07, 6.45) is 1.21. The van der Waals surface area contributed by atoms with Crippen LogP contribution in [0.25, 0.3) is 0 Å². The first-order chi connectivity index (χ1) is 8.40. The van der Waals surface area contributed by atoms with Crippen molar-refractivity contribution in [3.63, 3.8) is 0 Å². The number of nitriles is 1. The van der Waals surface area contributed by atoms with Gasteiger partial charge in [0.15, 0.2) is 0 Å². The van der Waals surface area contributed by atoms with Gasteiger partial charge >= 0.3 is 0 Å². The van der Waals surface area contributed by atoms with Gasteiger partial charge in [0.05, 0.1) is 12.1 Å². The van der Waals surface area contributed by atoms with E-state index < -0.39 is 11.6 Å². The van der Waals surface area contributed by atoms with Gasteiger partial charge in [-0.1, -0.05) is 19.9 Å². The van der Waals surface area contributed by atoms with E-state index in [1.807, 2.05) is 31.4 Å². The highest BCUT2D eigenvalue weighted by Crippen LogP contribution is 2.55. The van der Waals surface area contributed by atoms with E-state index in [0.717, 1.165) is 4.88 Å². The molecule has 1 heterocycles. The van der Waals surface area contributed by atoms with Crippen molar-refractivity contribution in [1.29, 1.82) is 5.26 Å². The predicted octanol–water partition coefficient (Wildman–Crippen LogP) is 1.43. The molecule has 1 unspecified atom stereocenters. The Morgan fingerprint density at radius 3 is 2.83 bits per heavy atom. The minimum atomic E-state index is -0.725. The van der Waals surface area contributed by atoms with Gasteiger partial charge in [-0.3, -0.25) is 4.79 Å². The summed E-state index contributed by atoms with van der Waals surface area (Å²) in [4.78, 5) is 13.1. The molecule has 1 aromatic heterocycles. The monoisotopic (exact) mass is 263 g/mol. The minimum Gasteiger partial charge on any atom is -0.336 e. The van der Waals surface area contributed by atoms with E-state index in [9.17, 15) is 10.1 Å². The fourth-order valence-corrected chi connectivity index (χ4v) is 2.86. The summed E-state index contributed by atoms with van der Waals surface area (Å²) in [5, 5.41) is 13.9. The molecule has 96 valence electrons. The lowest BCUT2D eigenvalue weighted by molar-refractivity contribution is -0.123. The quantitative estimate of drug-likeness (QED) is 0.862. The van der Waals surface area contributed by atoms with Gasteiger partial charge in [0.1, 0.15) is 5.54 Å². The number of thiophene rings is 1. The Balaban J connectivity index is 1.95. The normalized spacial score (nSPS) is 26.1. The van der Waals surface area contributed by atoms with Gasteiger partial charge < -0.3 is 11.1 Å². The molecule has 0 saturated heterocycles. The van der Waals surface area contributed by atoms with Crippen molar-refractivity contribution in [2.24, 2.45) is 11.1 Å². The molecule has 1 aromatic rings. The van der Waals surface area contributed by atoms with Crippen LogP contribution in [0.5, 0.6) is 0 Å². The van der Waals surface area contributed by atoms with E-state index in [1.165, 1.54) is 0 Å². The summed E-state index contributed by atoms with van der Waals surface area (Å²) in [7, 11) is 0. The second-order valence-electron chi connectivity index (χ2n) is 5.46. The Hall–Kier alpha value is -1.38. The molecule has 0 bridgehead atoms. The summed E-state index contributed by atoms with van der Waals surface area (Å²) >= 11 is 1.58. The topological polar surface area (TPSA) is 78.9 Å². The number of rotatable bonds is 4. The first kappa shape index (κ1) is 13.1. The maximum atomic E-state index is 12.0. The fraction of sp³-hybridized carbons (Fsp3) is 0.538. The maximum Gasteiger partial charge on any atom is 0.238 e. The number of amides is 1. The maximum absolute atomic E-state index is 12.0. The van der Waals surface area contributed by atoms with Crippen molar-refractivity contribution >= 4 is 17.2 Å². The molecule has 1 aliphatic carbocycles. The Morgan fingerprint density at radius 1 is 1.72 bits per heavy atom. The summed E-state index contributed by atoms with van der Waals surface area (Å²) in [5.41, 5.74) is 4.99. The second-order valence-corrected chi connectivity index (χ2v) is 6.49. The van der Waals surface area contributed by atoms with Gasteiger partial charge in [-0.15, -0.1) is 11.3 Å². The Kier molecular flexibility index (Phi) is 3.18. The fourth-order valence-electron chi connectivity index (χ4n) is 2.09. The van der Waals surface area contributed by atoms with Crippen LogP contribution in [0.2, 0.25) is 0 Å². The van der Waals surface area contributed by atoms with Crippen LogP contribution in [-0.4, -0.2) is 17.5 Å². The molecule has 2 atom stereocenters. The molecule has 18 heavy (non-hydrogen) atoms. The van der Waals surface area contributed by atoms with Gasteiger partial charge in [-0.05, 0) is 17.9 Å². The molecule has 0 radical (unpaired) electrons. The lowest BCUT2D eigenvalue weighted by Crippen LogP contribution is -2.48. The van der Waals surface area contributed by atoms with Crippen LogP contribution in [0.1, 0.15) is 25.1 Å². The SMILES string of the molecule is CC1(C)CC1(C#N)NC(=O)[C@@H](N)Cc1cccs1. The van der Waals surface area contributed by atoms with Gasteiger partial charge in [-0.2, -0.15) is 5.26 Å². The number of nitrogens with one attached hydrogen (secondary N) is 1. The van der Waals surface area contributed by atoms with E-state index >= 15 is 0 Å². The standard InChI is InChI=1S/C13H17N3OS/c1-12(2)7-13(12,8-14)16-11(17)10(15)6-9-4-3-5-18-9/h3-5,10H,6-7,15H2,1-2H3,(H,16,17)/t10-,13?/m0/s1. The predicted molar refractivity (Wildman–Crippen MR) is 70.9 cm³/mol. The van der Waals surface area contributed by atoms with E-state index in [-0.39, 0.29) is 11.3 Å². The van der Waals surface area contributed by atoms with Crippen LogP contribution < -0.4 is 11.1 Å². The first-order valence-corrected chi connectivity index (χ1v) is 6.79. The van der Waals surface area contributed by atoms with Crippen LogP contribution in [0.3, 0.4) is 0 Å². The van der Waals surface area contributed by atoms with Crippen molar-refractivity contribution < 1.29 is 4.79 Å². The number of carbonyl (C=O) groups is 1. The van der Waals surface area contributed by atoms with Crippen molar-refractivity contribution in [2.75, 3.05) is 0 Å². The number of carbonyl (C=O) groups excluding carboxylic acids is 1. The van der Waals surface area contributed by atoms with E-state index in [1.54, 1.807) is 11.3 Å². The highest BCUT2D eigenvalue weighted by Gasteiger charge is 2.63. The van der Waals surface area contributed by atoms with Gasteiger partial charge in [0.25, 0.3) is 0 Å². The largest absolute Gasteiger partial charge is 0.336 e. The van der Waals surface area contributed by atoms with Crippen molar-refractivity contribution in [1.82, 2.24) is 5.32 Å². The van der Waals surface area contributed by atoms with Gasteiger partial charge in [0, 0.05) is 16.7 Å². The molecular formula is C13H17N3OS. The molecule has 4 nitrogen and oxygen atoms in total. The molecule has 1 saturated carbocycles. The summed E-state index contributed by atoms with van der Waals surface area (Å²) in [5.74, 6) is -0.240. The third-order valence-corrected chi connectivity index (χ3v) is 4.50. The first-order valence-electron chi connectivity index (χ1n) is 5.91. The average molecular weight is 263 g/mol. The van der Waals surface area contributed by atoms with Crippen molar-refractivity contribution in [2.45, 2.75) is 38.3 Å². The smallest absolute Gasteiger partial charge is 0.238 e. The minimum absolute atomic E-state index is 0.153. The molecule has 0 aliphatic heterocycles. The van der Waals surface area contributed by atoms with E-state index in [0.29, 0.717) is 12.8 Å². The Labute approximate surface area is 111 Å². The molecule has 1 aliphatic rings. The molecular weight excluding hydrogens is 246 g/mol. The molecule has 1 fully saturated rings. The van der Waals surface area contributed by atoms with Crippen LogP contribution in [0, 0.1) is 16.7 Å². The summed E-state index contributed by atoms with van der Waals surface area (Å²) < 4.78 is 0. The van der Waals surface area contributed by atoms with Gasteiger partial charge in [-0.25, -0.2) is 0 Å². The molecule has 1 amide bonds. The Morgan fingerprint density at radius 2 is 2.39 bits per heavy atom. The van der Waals surface area contributed by atoms with Crippen molar-refractivity contribution in [3.8, 4) is 6.07 Å². The summed E-state index contributed by atoms with van der Waals surface area (Å²) in [6.45, 7) is 3.95.